The Morgan fingerprint density at radius 2 is 0.884 bits per heavy atom. The Bertz CT molecular complexity index is 2510. The Morgan fingerprint density at radius 1 is 0.349 bits per heavy atom. The first-order chi connectivity index (χ1) is 21.3. The molecule has 9 aromatic rings. The van der Waals surface area contributed by atoms with E-state index in [1.807, 2.05) is 30.3 Å². The van der Waals surface area contributed by atoms with Crippen molar-refractivity contribution in [3.8, 4) is 34.2 Å². The maximum atomic E-state index is 6.47. The first-order valence-electron chi connectivity index (χ1n) is 14.4. The van der Waals surface area contributed by atoms with Gasteiger partial charge in [0.1, 0.15) is 11.2 Å². The average Bonchev–Trinajstić information content (AvgIpc) is 3.44. The lowest BCUT2D eigenvalue weighted by Crippen LogP contribution is -2.00. The SMILES string of the molecule is c1ccc(-c2nc(-c3ccc4ccccc4c3)nc(-c3ccc4c(ccc5c6cc7ccccc7cc6oc45)c3)n2)cc1. The molecular weight excluding hydrogens is 526 g/mol. The summed E-state index contributed by atoms with van der Waals surface area (Å²) in [5.74, 6) is 1.93. The second-order valence-corrected chi connectivity index (χ2v) is 10.9. The summed E-state index contributed by atoms with van der Waals surface area (Å²) in [6.07, 6.45) is 0. The molecule has 2 heterocycles. The van der Waals surface area contributed by atoms with Crippen molar-refractivity contribution in [1.29, 1.82) is 0 Å². The molecule has 7 aromatic carbocycles. The molecule has 0 aliphatic carbocycles. The molecule has 0 N–H and O–H groups in total. The summed E-state index contributed by atoms with van der Waals surface area (Å²) in [4.78, 5) is 14.9. The van der Waals surface area contributed by atoms with Crippen molar-refractivity contribution in [2.75, 3.05) is 0 Å². The molecule has 0 atom stereocenters. The van der Waals surface area contributed by atoms with Gasteiger partial charge in [-0.2, -0.15) is 0 Å². The van der Waals surface area contributed by atoms with Gasteiger partial charge < -0.3 is 4.42 Å². The van der Waals surface area contributed by atoms with E-state index in [4.69, 9.17) is 19.4 Å². The molecule has 0 radical (unpaired) electrons. The third-order valence-corrected chi connectivity index (χ3v) is 8.25. The van der Waals surface area contributed by atoms with Crippen molar-refractivity contribution < 1.29 is 4.42 Å². The van der Waals surface area contributed by atoms with Crippen LogP contribution in [0, 0.1) is 0 Å². The molecule has 43 heavy (non-hydrogen) atoms. The molecule has 0 fully saturated rings. The highest BCUT2D eigenvalue weighted by Gasteiger charge is 2.15. The van der Waals surface area contributed by atoms with E-state index in [-0.39, 0.29) is 0 Å². The van der Waals surface area contributed by atoms with Crippen LogP contribution in [0.4, 0.5) is 0 Å². The Morgan fingerprint density at radius 3 is 1.63 bits per heavy atom. The van der Waals surface area contributed by atoms with Crippen LogP contribution in [-0.2, 0) is 0 Å². The number of hydrogen-bond acceptors (Lipinski definition) is 4. The molecular formula is C39H23N3O. The summed E-state index contributed by atoms with van der Waals surface area (Å²) in [7, 11) is 0. The first kappa shape index (κ1) is 23.8. The van der Waals surface area contributed by atoms with Crippen LogP contribution in [0.5, 0.6) is 0 Å². The largest absolute Gasteiger partial charge is 0.455 e. The van der Waals surface area contributed by atoms with Gasteiger partial charge >= 0.3 is 0 Å². The maximum Gasteiger partial charge on any atom is 0.164 e. The lowest BCUT2D eigenvalue weighted by molar-refractivity contribution is 0.673. The molecule has 200 valence electrons. The monoisotopic (exact) mass is 549 g/mol. The van der Waals surface area contributed by atoms with E-state index in [2.05, 4.69) is 109 Å². The topological polar surface area (TPSA) is 51.8 Å². The van der Waals surface area contributed by atoms with Gasteiger partial charge in [0.15, 0.2) is 17.5 Å². The second kappa shape index (κ2) is 9.33. The third-order valence-electron chi connectivity index (χ3n) is 8.25. The van der Waals surface area contributed by atoms with E-state index in [1.54, 1.807) is 0 Å². The van der Waals surface area contributed by atoms with E-state index in [0.29, 0.717) is 17.5 Å². The predicted octanol–water partition coefficient (Wildman–Crippen LogP) is 10.2. The summed E-state index contributed by atoms with van der Waals surface area (Å²) in [6.45, 7) is 0. The summed E-state index contributed by atoms with van der Waals surface area (Å²) in [5.41, 5.74) is 4.62. The lowest BCUT2D eigenvalue weighted by Gasteiger charge is -2.10. The van der Waals surface area contributed by atoms with E-state index in [1.165, 1.54) is 16.2 Å². The minimum Gasteiger partial charge on any atom is -0.455 e. The molecule has 0 saturated carbocycles. The van der Waals surface area contributed by atoms with Crippen LogP contribution < -0.4 is 0 Å². The van der Waals surface area contributed by atoms with Gasteiger partial charge in [0.25, 0.3) is 0 Å². The second-order valence-electron chi connectivity index (χ2n) is 10.9. The minimum atomic E-state index is 0.634. The van der Waals surface area contributed by atoms with Gasteiger partial charge in [-0.1, -0.05) is 103 Å². The summed E-state index contributed by atoms with van der Waals surface area (Å²) < 4.78 is 6.47. The molecule has 0 aliphatic heterocycles. The third kappa shape index (κ3) is 3.96. The van der Waals surface area contributed by atoms with Gasteiger partial charge in [-0.05, 0) is 63.3 Å². The Kier molecular flexibility index (Phi) is 5.16. The number of benzene rings is 7. The smallest absolute Gasteiger partial charge is 0.164 e. The van der Waals surface area contributed by atoms with Crippen LogP contribution in [-0.4, -0.2) is 15.0 Å². The van der Waals surface area contributed by atoms with Crippen LogP contribution in [0.25, 0.3) is 88.4 Å². The molecule has 2 aromatic heterocycles. The number of furan rings is 1. The van der Waals surface area contributed by atoms with Crippen molar-refractivity contribution in [1.82, 2.24) is 15.0 Å². The summed E-state index contributed by atoms with van der Waals surface area (Å²) in [6, 6.07) is 48.2. The van der Waals surface area contributed by atoms with Gasteiger partial charge in [0, 0.05) is 32.8 Å². The van der Waals surface area contributed by atoms with Crippen LogP contribution in [0.2, 0.25) is 0 Å². The van der Waals surface area contributed by atoms with Gasteiger partial charge in [0.2, 0.25) is 0 Å². The predicted molar refractivity (Wildman–Crippen MR) is 176 cm³/mol. The zero-order chi connectivity index (χ0) is 28.3. The standard InChI is InChI=1S/C39H23N3O/c1-2-9-25(10-3-1)37-40-38(30-15-14-24-8-4-5-11-26(24)20-30)42-39(41-37)31-17-18-32-29(21-31)16-19-33-34-22-27-12-6-7-13-28(27)23-35(34)43-36(32)33/h1-23H. The Balaban J connectivity index is 1.22. The van der Waals surface area contributed by atoms with Crippen molar-refractivity contribution in [2.45, 2.75) is 0 Å². The van der Waals surface area contributed by atoms with E-state index in [0.717, 1.165) is 54.8 Å². The fraction of sp³-hybridized carbons (Fsp3) is 0. The van der Waals surface area contributed by atoms with Gasteiger partial charge in [0.05, 0.1) is 0 Å². The zero-order valence-electron chi connectivity index (χ0n) is 23.0. The number of nitrogens with zero attached hydrogens (tertiary/aromatic N) is 3. The molecule has 9 rings (SSSR count). The Hall–Kier alpha value is -5.87. The van der Waals surface area contributed by atoms with E-state index >= 15 is 0 Å². The number of fused-ring (bicyclic) bond motifs is 7. The Labute approximate surface area is 246 Å². The van der Waals surface area contributed by atoms with Crippen LogP contribution in [0.3, 0.4) is 0 Å². The van der Waals surface area contributed by atoms with Gasteiger partial charge in [-0.25, -0.2) is 15.0 Å². The van der Waals surface area contributed by atoms with Crippen molar-refractivity contribution >= 4 is 54.3 Å². The maximum absolute atomic E-state index is 6.47. The van der Waals surface area contributed by atoms with Gasteiger partial charge in [-0.15, -0.1) is 0 Å². The molecule has 4 nitrogen and oxygen atoms in total. The zero-order valence-corrected chi connectivity index (χ0v) is 23.0. The number of aromatic nitrogens is 3. The molecule has 0 saturated heterocycles. The molecule has 0 spiro atoms. The van der Waals surface area contributed by atoms with Crippen LogP contribution >= 0.6 is 0 Å². The normalized spacial score (nSPS) is 11.7. The van der Waals surface area contributed by atoms with E-state index < -0.39 is 0 Å². The van der Waals surface area contributed by atoms with E-state index in [9.17, 15) is 0 Å². The highest BCUT2D eigenvalue weighted by Crippen LogP contribution is 2.37. The number of hydrogen-bond donors (Lipinski definition) is 0. The highest BCUT2D eigenvalue weighted by molar-refractivity contribution is 6.17. The fourth-order valence-corrected chi connectivity index (χ4v) is 6.07. The molecule has 4 heteroatoms. The summed E-state index contributed by atoms with van der Waals surface area (Å²) >= 11 is 0. The van der Waals surface area contributed by atoms with Crippen molar-refractivity contribution in [2.24, 2.45) is 0 Å². The quantitative estimate of drug-likeness (QED) is 0.220. The average molecular weight is 550 g/mol. The minimum absolute atomic E-state index is 0.634. The van der Waals surface area contributed by atoms with Crippen LogP contribution in [0.1, 0.15) is 0 Å². The summed E-state index contributed by atoms with van der Waals surface area (Å²) in [5, 5.41) is 9.10. The lowest BCUT2D eigenvalue weighted by atomic mass is 10.0. The highest BCUT2D eigenvalue weighted by atomic mass is 16.3. The molecule has 0 amide bonds. The first-order valence-corrected chi connectivity index (χ1v) is 14.4. The fourth-order valence-electron chi connectivity index (χ4n) is 6.07. The van der Waals surface area contributed by atoms with Crippen molar-refractivity contribution in [3.63, 3.8) is 0 Å². The molecule has 0 bridgehead atoms. The van der Waals surface area contributed by atoms with Crippen molar-refractivity contribution in [3.05, 3.63) is 140 Å². The molecule has 0 aliphatic rings. The molecule has 0 unspecified atom stereocenters. The number of rotatable bonds is 3. The van der Waals surface area contributed by atoms with Crippen LogP contribution in [0.15, 0.2) is 144 Å². The van der Waals surface area contributed by atoms with Gasteiger partial charge in [-0.3, -0.25) is 0 Å².